The van der Waals surface area contributed by atoms with Gasteiger partial charge in [-0.15, -0.1) is 0 Å². The second-order valence-electron chi connectivity index (χ2n) is 13.5. The van der Waals surface area contributed by atoms with E-state index in [0.717, 1.165) is 86.8 Å². The average Bonchev–Trinajstić information content (AvgIpc) is 3.76. The molecule has 1 fully saturated rings. The summed E-state index contributed by atoms with van der Waals surface area (Å²) in [4.78, 5) is 2.47. The molecule has 2 radical (unpaired) electrons. The fraction of sp³-hybridized carbons (Fsp3) is 0.217. The van der Waals surface area contributed by atoms with E-state index in [2.05, 4.69) is 145 Å². The normalized spacial score (nSPS) is 16.4. The van der Waals surface area contributed by atoms with Crippen LogP contribution in [0.4, 0.5) is 5.69 Å². The van der Waals surface area contributed by atoms with Gasteiger partial charge in [0.15, 0.2) is 17.1 Å². The van der Waals surface area contributed by atoms with Crippen LogP contribution in [0.25, 0.3) is 39.1 Å². The molecule has 1 unspecified atom stereocenters. The van der Waals surface area contributed by atoms with Gasteiger partial charge in [0.1, 0.15) is 11.5 Å². The van der Waals surface area contributed by atoms with Crippen LogP contribution in [0.5, 0.6) is 23.0 Å². The Kier molecular flexibility index (Phi) is 9.48. The van der Waals surface area contributed by atoms with Gasteiger partial charge in [0, 0.05) is 35.5 Å². The molecule has 260 valence electrons. The molecule has 0 saturated carbocycles. The first-order valence-corrected chi connectivity index (χ1v) is 19.3. The fourth-order valence-electron chi connectivity index (χ4n) is 7.50. The van der Waals surface area contributed by atoms with Crippen LogP contribution in [0, 0.1) is 0 Å². The maximum Gasteiger partial charge on any atom is 0.310 e. The number of methoxy groups -OCH3 is 2. The van der Waals surface area contributed by atoms with Gasteiger partial charge in [0.05, 0.1) is 14.2 Å². The van der Waals surface area contributed by atoms with E-state index in [1.165, 1.54) is 18.5 Å². The number of hydrogen-bond donors (Lipinski definition) is 0. The number of anilines is 1. The topological polar surface area (TPSA) is 40.2 Å². The van der Waals surface area contributed by atoms with Crippen molar-refractivity contribution < 1.29 is 18.6 Å². The molecule has 8 rings (SSSR count). The van der Waals surface area contributed by atoms with Crippen molar-refractivity contribution in [3.63, 3.8) is 0 Å². The Balaban J connectivity index is 1.22. The summed E-state index contributed by atoms with van der Waals surface area (Å²) in [5, 5.41) is 2.10. The second-order valence-corrected chi connectivity index (χ2v) is 14.5. The minimum Gasteiger partial charge on any atom is -0.541 e. The van der Waals surface area contributed by atoms with Gasteiger partial charge in [-0.05, 0) is 107 Å². The molecule has 2 heterocycles. The van der Waals surface area contributed by atoms with Crippen molar-refractivity contribution in [3.05, 3.63) is 144 Å². The molecule has 2 aliphatic rings. The van der Waals surface area contributed by atoms with Crippen LogP contribution in [0.1, 0.15) is 42.9 Å². The maximum absolute atomic E-state index is 7.31. The number of rotatable bonds is 11. The maximum atomic E-state index is 7.31. The first-order valence-electron chi connectivity index (χ1n) is 18.2. The lowest BCUT2D eigenvalue weighted by Gasteiger charge is -2.37. The van der Waals surface area contributed by atoms with Crippen molar-refractivity contribution in [2.45, 2.75) is 37.8 Å². The van der Waals surface area contributed by atoms with E-state index in [1.807, 2.05) is 0 Å². The van der Waals surface area contributed by atoms with Crippen molar-refractivity contribution >= 4 is 32.3 Å². The molecule has 52 heavy (non-hydrogen) atoms. The predicted octanol–water partition coefficient (Wildman–Crippen LogP) is 11.0. The molecule has 1 saturated heterocycles. The molecule has 0 amide bonds. The summed E-state index contributed by atoms with van der Waals surface area (Å²) in [5.74, 6) is 3.10. The van der Waals surface area contributed by atoms with Crippen molar-refractivity contribution in [1.29, 1.82) is 0 Å². The van der Waals surface area contributed by atoms with Gasteiger partial charge in [-0.3, -0.25) is 0 Å². The molecule has 0 aromatic heterocycles. The van der Waals surface area contributed by atoms with Gasteiger partial charge in [0.25, 0.3) is 0 Å². The van der Waals surface area contributed by atoms with E-state index in [0.29, 0.717) is 21.3 Å². The number of fused-ring (bicyclic) bond motifs is 3. The van der Waals surface area contributed by atoms with E-state index < -0.39 is 5.60 Å². The highest BCUT2D eigenvalue weighted by Gasteiger charge is 2.38. The van der Waals surface area contributed by atoms with Crippen LogP contribution in [-0.2, 0) is 5.60 Å². The summed E-state index contributed by atoms with van der Waals surface area (Å²) in [6.07, 6.45) is 8.05. The molecular formula is C46H43NO4Si. The zero-order chi connectivity index (χ0) is 35.5. The van der Waals surface area contributed by atoms with Gasteiger partial charge in [-0.2, -0.15) is 0 Å². The predicted molar refractivity (Wildman–Crippen MR) is 214 cm³/mol. The zero-order valence-corrected chi connectivity index (χ0v) is 31.0. The van der Waals surface area contributed by atoms with Gasteiger partial charge in [-0.25, -0.2) is 0 Å². The monoisotopic (exact) mass is 701 g/mol. The number of benzene rings is 6. The highest BCUT2D eigenvalue weighted by Crippen LogP contribution is 2.49. The quantitative estimate of drug-likeness (QED) is 0.0993. The van der Waals surface area contributed by atoms with E-state index in [9.17, 15) is 0 Å². The van der Waals surface area contributed by atoms with Crippen LogP contribution in [0.3, 0.4) is 0 Å². The summed E-state index contributed by atoms with van der Waals surface area (Å²) in [5.41, 5.74) is 8.07. The minimum atomic E-state index is -0.809. The smallest absolute Gasteiger partial charge is 0.310 e. The van der Waals surface area contributed by atoms with Crippen LogP contribution in [-0.4, -0.2) is 37.1 Å². The minimum absolute atomic E-state index is 0.493. The highest BCUT2D eigenvalue weighted by molar-refractivity contribution is 6.28. The molecule has 0 aliphatic carbocycles. The molecule has 0 bridgehead atoms. The molecule has 2 aliphatic heterocycles. The fourth-order valence-corrected chi connectivity index (χ4v) is 8.11. The third kappa shape index (κ3) is 6.32. The first-order chi connectivity index (χ1) is 25.6. The third-order valence-corrected chi connectivity index (χ3v) is 11.4. The molecule has 6 heteroatoms. The summed E-state index contributed by atoms with van der Waals surface area (Å²) in [7, 11) is 3.86. The first kappa shape index (κ1) is 33.7. The molecular weight excluding hydrogens is 659 g/mol. The van der Waals surface area contributed by atoms with Crippen molar-refractivity contribution in [1.82, 2.24) is 0 Å². The SMILES string of the molecule is CCC[Si]Oc1ccc(-c2ccc(-c3cc4c(c5cc(OC)c(OC)cc35)C=CC(c3ccccc3)(c3ccc(N5CCCC5)cc3)O4)cc2)cc1. The van der Waals surface area contributed by atoms with E-state index in [4.69, 9.17) is 18.6 Å². The summed E-state index contributed by atoms with van der Waals surface area (Å²) < 4.78 is 24.9. The molecule has 0 spiro atoms. The number of hydrogen-bond acceptors (Lipinski definition) is 5. The number of ether oxygens (including phenoxy) is 3. The number of nitrogens with zero attached hydrogens (tertiary/aromatic N) is 1. The Bertz CT molecular complexity index is 2190. The summed E-state index contributed by atoms with van der Waals surface area (Å²) in [6, 6.07) is 44.1. The van der Waals surface area contributed by atoms with Gasteiger partial charge in [0.2, 0.25) is 0 Å². The highest BCUT2D eigenvalue weighted by atomic mass is 28.2. The largest absolute Gasteiger partial charge is 0.541 e. The van der Waals surface area contributed by atoms with Crippen molar-refractivity contribution in [2.75, 3.05) is 32.2 Å². The van der Waals surface area contributed by atoms with Crippen LogP contribution in [0.2, 0.25) is 6.04 Å². The molecule has 0 N–H and O–H groups in total. The second kappa shape index (κ2) is 14.6. The summed E-state index contributed by atoms with van der Waals surface area (Å²) in [6.45, 7) is 4.40. The van der Waals surface area contributed by atoms with E-state index in [1.54, 1.807) is 14.2 Å². The van der Waals surface area contributed by atoms with E-state index in [-0.39, 0.29) is 0 Å². The van der Waals surface area contributed by atoms with E-state index >= 15 is 0 Å². The third-order valence-electron chi connectivity index (χ3n) is 10.3. The van der Waals surface area contributed by atoms with Crippen LogP contribution in [0.15, 0.2) is 127 Å². The van der Waals surface area contributed by atoms with Gasteiger partial charge < -0.3 is 23.5 Å². The zero-order valence-electron chi connectivity index (χ0n) is 30.0. The van der Waals surface area contributed by atoms with Gasteiger partial charge in [-0.1, -0.05) is 92.2 Å². The van der Waals surface area contributed by atoms with Crippen LogP contribution < -0.4 is 23.5 Å². The Hall–Kier alpha value is -5.46. The Labute approximate surface area is 309 Å². The summed E-state index contributed by atoms with van der Waals surface area (Å²) >= 11 is 0. The van der Waals surface area contributed by atoms with Gasteiger partial charge >= 0.3 is 9.76 Å². The Morgan fingerprint density at radius 2 is 1.31 bits per heavy atom. The lowest BCUT2D eigenvalue weighted by Crippen LogP contribution is -2.34. The standard InChI is InChI=1S/C46H43NO4Si/c1-4-28-52-51-38-22-16-33(17-23-38)32-12-14-34(15-13-32)40-29-43-39(41-30-44(48-2)45(49-3)31-42(40)41)24-25-46(50-43,35-10-6-5-7-11-35)36-18-20-37(21-19-36)47-26-8-9-27-47/h5-7,10-25,29-31H,4,8-9,26-28H2,1-3H3. The lowest BCUT2D eigenvalue weighted by atomic mass is 9.82. The molecule has 1 atom stereocenters. The van der Waals surface area contributed by atoms with Crippen LogP contribution >= 0.6 is 0 Å². The molecule has 5 nitrogen and oxygen atoms in total. The lowest BCUT2D eigenvalue weighted by molar-refractivity contribution is 0.161. The molecule has 6 aromatic carbocycles. The molecule has 6 aromatic rings. The van der Waals surface area contributed by atoms with Crippen molar-refractivity contribution in [2.24, 2.45) is 0 Å². The Morgan fingerprint density at radius 1 is 0.692 bits per heavy atom. The Morgan fingerprint density at radius 3 is 1.96 bits per heavy atom. The van der Waals surface area contributed by atoms with Crippen molar-refractivity contribution in [3.8, 4) is 45.3 Å². The average molecular weight is 702 g/mol.